The zero-order chi connectivity index (χ0) is 19.6. The molecule has 0 radical (unpaired) electrons. The second-order valence-electron chi connectivity index (χ2n) is 5.61. The van der Waals surface area contributed by atoms with Crippen LogP contribution >= 0.6 is 11.6 Å². The summed E-state index contributed by atoms with van der Waals surface area (Å²) in [6.45, 7) is 0. The number of nitrogens with one attached hydrogen (secondary N) is 1. The third-order valence-electron chi connectivity index (χ3n) is 3.96. The van der Waals surface area contributed by atoms with Crippen LogP contribution in [0.1, 0.15) is 10.4 Å². The van der Waals surface area contributed by atoms with Crippen LogP contribution in [0.2, 0.25) is 5.02 Å². The summed E-state index contributed by atoms with van der Waals surface area (Å²) in [6, 6.07) is 14.4. The first-order valence-electron chi connectivity index (χ1n) is 7.84. The lowest BCUT2D eigenvalue weighted by molar-refractivity contribution is 0.0597. The van der Waals surface area contributed by atoms with Crippen LogP contribution in [-0.4, -0.2) is 28.6 Å². The highest BCUT2D eigenvalue weighted by molar-refractivity contribution is 7.93. The number of carbonyl (C=O) groups is 1. The molecule has 0 aromatic heterocycles. The van der Waals surface area contributed by atoms with E-state index >= 15 is 0 Å². The SMILES string of the molecule is COC(=O)c1ccc(NS(=O)(=O)c2cccc3cccc(Cl)c23)cc1OC. The van der Waals surface area contributed by atoms with Gasteiger partial charge in [0.15, 0.2) is 0 Å². The Hall–Kier alpha value is -2.77. The zero-order valence-corrected chi connectivity index (χ0v) is 16.1. The van der Waals surface area contributed by atoms with E-state index < -0.39 is 16.0 Å². The molecular formula is C19H16ClNO5S. The van der Waals surface area contributed by atoms with Crippen LogP contribution in [-0.2, 0) is 14.8 Å². The van der Waals surface area contributed by atoms with E-state index in [1.54, 1.807) is 30.3 Å². The molecule has 0 fully saturated rings. The predicted molar refractivity (Wildman–Crippen MR) is 104 cm³/mol. The molecule has 3 rings (SSSR count). The maximum Gasteiger partial charge on any atom is 0.341 e. The van der Waals surface area contributed by atoms with Gasteiger partial charge in [0, 0.05) is 16.5 Å². The summed E-state index contributed by atoms with van der Waals surface area (Å²) in [5.41, 5.74) is 0.430. The van der Waals surface area contributed by atoms with Crippen molar-refractivity contribution in [3.05, 3.63) is 65.2 Å². The van der Waals surface area contributed by atoms with E-state index in [1.165, 1.54) is 38.5 Å². The first-order chi connectivity index (χ1) is 12.9. The number of hydrogen-bond acceptors (Lipinski definition) is 5. The Bertz CT molecular complexity index is 1120. The molecule has 0 amide bonds. The number of ether oxygens (including phenoxy) is 2. The lowest BCUT2D eigenvalue weighted by Crippen LogP contribution is -2.14. The van der Waals surface area contributed by atoms with E-state index in [4.69, 9.17) is 16.3 Å². The molecule has 0 heterocycles. The van der Waals surface area contributed by atoms with Gasteiger partial charge in [-0.2, -0.15) is 0 Å². The van der Waals surface area contributed by atoms with Gasteiger partial charge in [-0.05, 0) is 29.7 Å². The Kier molecular flexibility index (Phi) is 5.25. The molecule has 0 aliphatic rings. The number of esters is 1. The number of fused-ring (bicyclic) bond motifs is 1. The molecule has 0 aliphatic carbocycles. The summed E-state index contributed by atoms with van der Waals surface area (Å²) < 4.78 is 38.2. The normalized spacial score (nSPS) is 11.2. The zero-order valence-electron chi connectivity index (χ0n) is 14.5. The molecular weight excluding hydrogens is 390 g/mol. The van der Waals surface area contributed by atoms with E-state index in [2.05, 4.69) is 9.46 Å². The molecule has 3 aromatic carbocycles. The van der Waals surface area contributed by atoms with Crippen molar-refractivity contribution in [1.82, 2.24) is 0 Å². The van der Waals surface area contributed by atoms with Crippen molar-refractivity contribution >= 4 is 44.1 Å². The molecule has 140 valence electrons. The molecule has 8 heteroatoms. The minimum atomic E-state index is -3.93. The molecule has 27 heavy (non-hydrogen) atoms. The molecule has 3 aromatic rings. The summed E-state index contributed by atoms with van der Waals surface area (Å²) in [6.07, 6.45) is 0. The van der Waals surface area contributed by atoms with Crippen molar-refractivity contribution in [2.45, 2.75) is 4.90 Å². The quantitative estimate of drug-likeness (QED) is 0.646. The van der Waals surface area contributed by atoms with Gasteiger partial charge in [0.05, 0.1) is 24.8 Å². The maximum absolute atomic E-state index is 12.9. The average Bonchev–Trinajstić information content (AvgIpc) is 2.66. The standard InChI is InChI=1S/C19H16ClNO5S/c1-25-16-11-13(9-10-14(16)19(22)26-2)21-27(23,24)17-8-4-6-12-5-3-7-15(20)18(12)17/h3-11,21H,1-2H3. The van der Waals surface area contributed by atoms with Gasteiger partial charge in [-0.3, -0.25) is 4.72 Å². The average molecular weight is 406 g/mol. The van der Waals surface area contributed by atoms with Gasteiger partial charge in [-0.1, -0.05) is 35.9 Å². The molecule has 1 N–H and O–H groups in total. The Morgan fingerprint density at radius 3 is 2.41 bits per heavy atom. The topological polar surface area (TPSA) is 81.7 Å². The first-order valence-corrected chi connectivity index (χ1v) is 9.70. The van der Waals surface area contributed by atoms with E-state index in [1.807, 2.05) is 0 Å². The van der Waals surface area contributed by atoms with Crippen LogP contribution in [0.25, 0.3) is 10.8 Å². The minimum Gasteiger partial charge on any atom is -0.496 e. The van der Waals surface area contributed by atoms with Crippen molar-refractivity contribution in [2.24, 2.45) is 0 Å². The van der Waals surface area contributed by atoms with Gasteiger partial charge < -0.3 is 9.47 Å². The fourth-order valence-corrected chi connectivity index (χ4v) is 4.37. The van der Waals surface area contributed by atoms with Gasteiger partial charge in [-0.15, -0.1) is 0 Å². The number of halogens is 1. The third kappa shape index (κ3) is 3.70. The van der Waals surface area contributed by atoms with Crippen LogP contribution in [0.3, 0.4) is 0 Å². The molecule has 6 nitrogen and oxygen atoms in total. The number of sulfonamides is 1. The van der Waals surface area contributed by atoms with Gasteiger partial charge >= 0.3 is 5.97 Å². The number of methoxy groups -OCH3 is 2. The molecule has 0 unspecified atom stereocenters. The Morgan fingerprint density at radius 1 is 1.04 bits per heavy atom. The van der Waals surface area contributed by atoms with Crippen LogP contribution in [0.4, 0.5) is 5.69 Å². The van der Waals surface area contributed by atoms with Crippen molar-refractivity contribution < 1.29 is 22.7 Å². The highest BCUT2D eigenvalue weighted by Gasteiger charge is 2.20. The van der Waals surface area contributed by atoms with Gasteiger partial charge in [-0.25, -0.2) is 13.2 Å². The smallest absolute Gasteiger partial charge is 0.341 e. The van der Waals surface area contributed by atoms with Crippen molar-refractivity contribution in [3.8, 4) is 5.75 Å². The largest absolute Gasteiger partial charge is 0.496 e. The first kappa shape index (κ1) is 19.0. The molecule has 0 saturated heterocycles. The Balaban J connectivity index is 2.05. The molecule has 0 bridgehead atoms. The van der Waals surface area contributed by atoms with Crippen molar-refractivity contribution in [2.75, 3.05) is 18.9 Å². The number of carbonyl (C=O) groups excluding carboxylic acids is 1. The number of hydrogen-bond donors (Lipinski definition) is 1. The molecule has 0 spiro atoms. The molecule has 0 atom stereocenters. The number of anilines is 1. The summed E-state index contributed by atoms with van der Waals surface area (Å²) in [5, 5.41) is 1.49. The fourth-order valence-electron chi connectivity index (χ4n) is 2.73. The lowest BCUT2D eigenvalue weighted by atomic mass is 10.1. The predicted octanol–water partition coefficient (Wildman–Crippen LogP) is 4.09. The Labute approximate surface area is 161 Å². The minimum absolute atomic E-state index is 0.0570. The van der Waals surface area contributed by atoms with Crippen LogP contribution < -0.4 is 9.46 Å². The van der Waals surface area contributed by atoms with E-state index in [0.717, 1.165) is 0 Å². The molecule has 0 aliphatic heterocycles. The molecule has 0 saturated carbocycles. The van der Waals surface area contributed by atoms with Crippen molar-refractivity contribution in [1.29, 1.82) is 0 Å². The van der Waals surface area contributed by atoms with E-state index in [-0.39, 0.29) is 21.9 Å². The summed E-state index contributed by atoms with van der Waals surface area (Å²) in [7, 11) is -1.30. The second kappa shape index (κ2) is 7.46. The van der Waals surface area contributed by atoms with Gasteiger partial charge in [0.25, 0.3) is 10.0 Å². The Morgan fingerprint density at radius 2 is 1.74 bits per heavy atom. The van der Waals surface area contributed by atoms with Crippen LogP contribution in [0, 0.1) is 0 Å². The number of benzene rings is 3. The third-order valence-corrected chi connectivity index (χ3v) is 5.70. The van der Waals surface area contributed by atoms with Crippen LogP contribution in [0.5, 0.6) is 5.75 Å². The highest BCUT2D eigenvalue weighted by Crippen LogP contribution is 2.32. The van der Waals surface area contributed by atoms with Crippen LogP contribution in [0.15, 0.2) is 59.5 Å². The highest BCUT2D eigenvalue weighted by atomic mass is 35.5. The summed E-state index contributed by atoms with van der Waals surface area (Å²) in [5.74, 6) is -0.389. The monoisotopic (exact) mass is 405 g/mol. The summed E-state index contributed by atoms with van der Waals surface area (Å²) in [4.78, 5) is 11.8. The van der Waals surface area contributed by atoms with Gasteiger partial charge in [0.1, 0.15) is 11.3 Å². The lowest BCUT2D eigenvalue weighted by Gasteiger charge is -2.13. The van der Waals surface area contributed by atoms with Gasteiger partial charge in [0.2, 0.25) is 0 Å². The number of rotatable bonds is 5. The fraction of sp³-hybridized carbons (Fsp3) is 0.105. The second-order valence-corrected chi connectivity index (χ2v) is 7.66. The van der Waals surface area contributed by atoms with E-state index in [9.17, 15) is 13.2 Å². The summed E-state index contributed by atoms with van der Waals surface area (Å²) >= 11 is 6.23. The maximum atomic E-state index is 12.9. The van der Waals surface area contributed by atoms with Crippen molar-refractivity contribution in [3.63, 3.8) is 0 Å². The van der Waals surface area contributed by atoms with E-state index in [0.29, 0.717) is 15.8 Å².